The van der Waals surface area contributed by atoms with E-state index in [1.807, 2.05) is 0 Å². The molecule has 7 heteroatoms. The van der Waals surface area contributed by atoms with E-state index in [4.69, 9.17) is 4.74 Å². The van der Waals surface area contributed by atoms with Crippen molar-refractivity contribution < 1.29 is 17.9 Å². The molecule has 1 aromatic heterocycles. The number of ether oxygens (including phenoxy) is 1. The maximum atomic E-state index is 12.3. The largest absolute Gasteiger partial charge is 0.431 e. The number of aromatic nitrogens is 1. The second kappa shape index (κ2) is 4.77. The molecule has 0 amide bonds. The molecule has 0 fully saturated rings. The molecule has 1 heterocycles. The fourth-order valence-corrected chi connectivity index (χ4v) is 1.75. The number of rotatable bonds is 2. The quantitative estimate of drug-likeness (QED) is 0.842. The van der Waals surface area contributed by atoms with Gasteiger partial charge in [-0.15, -0.1) is 0 Å². The summed E-state index contributed by atoms with van der Waals surface area (Å²) in [5.41, 5.74) is -1.22. The van der Waals surface area contributed by atoms with Gasteiger partial charge >= 0.3 is 6.18 Å². The minimum absolute atomic E-state index is 0.0854. The molecule has 18 heavy (non-hydrogen) atoms. The lowest BCUT2D eigenvalue weighted by molar-refractivity contribution is -0.137. The summed E-state index contributed by atoms with van der Waals surface area (Å²) < 4.78 is 42.1. The molecule has 0 bridgehead atoms. The van der Waals surface area contributed by atoms with Crippen LogP contribution in [0.2, 0.25) is 0 Å². The molecule has 0 aliphatic rings. The van der Waals surface area contributed by atoms with Crippen LogP contribution in [0.4, 0.5) is 13.2 Å². The zero-order valence-corrected chi connectivity index (χ0v) is 9.59. The highest BCUT2D eigenvalue weighted by atomic mass is 32.1. The molecule has 3 nitrogen and oxygen atoms in total. The second-order valence-corrected chi connectivity index (χ2v) is 4.12. The fourth-order valence-electron chi connectivity index (χ4n) is 1.16. The lowest BCUT2D eigenvalue weighted by Crippen LogP contribution is -2.04. The van der Waals surface area contributed by atoms with Gasteiger partial charge in [-0.3, -0.25) is 4.79 Å². The average Bonchev–Trinajstić information content (AvgIpc) is 2.28. The summed E-state index contributed by atoms with van der Waals surface area (Å²) in [5.74, 6) is 0.192. The van der Waals surface area contributed by atoms with Crippen molar-refractivity contribution >= 4 is 11.3 Å². The smallest absolute Gasteiger partial charge is 0.416 e. The molecular weight excluding hydrogens is 267 g/mol. The lowest BCUT2D eigenvalue weighted by atomic mass is 10.2. The number of alkyl halides is 3. The molecule has 1 aromatic carbocycles. The predicted molar refractivity (Wildman–Crippen MR) is 59.9 cm³/mol. The van der Waals surface area contributed by atoms with E-state index in [9.17, 15) is 18.0 Å². The first-order valence-electron chi connectivity index (χ1n) is 4.76. The standard InChI is InChI=1S/C11H6F3NO2S/c12-11(13,14)7-1-3-8(4-2-7)17-10-15-9(16)5-6-18-10/h1-6H. The van der Waals surface area contributed by atoms with Gasteiger partial charge in [0.1, 0.15) is 5.75 Å². The van der Waals surface area contributed by atoms with E-state index in [-0.39, 0.29) is 10.9 Å². The van der Waals surface area contributed by atoms with Gasteiger partial charge in [-0.05, 0) is 24.3 Å². The van der Waals surface area contributed by atoms with Gasteiger partial charge in [-0.2, -0.15) is 18.2 Å². The average molecular weight is 273 g/mol. The molecule has 0 aliphatic heterocycles. The van der Waals surface area contributed by atoms with E-state index in [2.05, 4.69) is 4.98 Å². The van der Waals surface area contributed by atoms with Crippen LogP contribution < -0.4 is 10.3 Å². The van der Waals surface area contributed by atoms with Crippen molar-refractivity contribution in [1.29, 1.82) is 0 Å². The van der Waals surface area contributed by atoms with E-state index in [0.29, 0.717) is 0 Å². The van der Waals surface area contributed by atoms with Gasteiger partial charge in [-0.25, -0.2) is 0 Å². The number of benzene rings is 1. The van der Waals surface area contributed by atoms with Crippen molar-refractivity contribution in [2.75, 3.05) is 0 Å². The molecule has 0 saturated carbocycles. The highest BCUT2D eigenvalue weighted by molar-refractivity contribution is 7.11. The normalized spacial score (nSPS) is 11.3. The van der Waals surface area contributed by atoms with Crippen molar-refractivity contribution in [3.63, 3.8) is 0 Å². The maximum absolute atomic E-state index is 12.3. The first-order valence-corrected chi connectivity index (χ1v) is 5.64. The summed E-state index contributed by atoms with van der Waals surface area (Å²) in [6, 6.07) is 5.43. The van der Waals surface area contributed by atoms with E-state index < -0.39 is 17.3 Å². The summed E-state index contributed by atoms with van der Waals surface area (Å²) in [6.45, 7) is 0. The van der Waals surface area contributed by atoms with Crippen LogP contribution in [0.3, 0.4) is 0 Å². The van der Waals surface area contributed by atoms with Crippen LogP contribution >= 0.6 is 11.3 Å². The van der Waals surface area contributed by atoms with Crippen molar-refractivity contribution in [1.82, 2.24) is 4.98 Å². The highest BCUT2D eigenvalue weighted by Crippen LogP contribution is 2.31. The van der Waals surface area contributed by atoms with Crippen LogP contribution in [0, 0.1) is 0 Å². The Morgan fingerprint density at radius 3 is 2.33 bits per heavy atom. The third-order valence-corrected chi connectivity index (χ3v) is 2.62. The minimum Gasteiger partial charge on any atom is -0.431 e. The fraction of sp³-hybridized carbons (Fsp3) is 0.0909. The third-order valence-electron chi connectivity index (χ3n) is 1.97. The molecule has 2 aromatic rings. The SMILES string of the molecule is O=c1ccsc(Oc2ccc(C(F)(F)F)cc2)n1. The van der Waals surface area contributed by atoms with Crippen LogP contribution in [0.25, 0.3) is 0 Å². The van der Waals surface area contributed by atoms with Crippen molar-refractivity contribution in [3.8, 4) is 10.9 Å². The predicted octanol–water partition coefficient (Wildman–Crippen LogP) is 3.31. The van der Waals surface area contributed by atoms with Gasteiger partial charge in [0.2, 0.25) is 0 Å². The Kier molecular flexibility index (Phi) is 3.33. The Balaban J connectivity index is 2.19. The molecule has 0 atom stereocenters. The molecule has 0 aliphatic carbocycles. The number of halogens is 3. The van der Waals surface area contributed by atoms with Gasteiger partial charge in [0.15, 0.2) is 0 Å². The Morgan fingerprint density at radius 1 is 1.11 bits per heavy atom. The monoisotopic (exact) mass is 273 g/mol. The van der Waals surface area contributed by atoms with Gasteiger partial charge in [-0.1, -0.05) is 11.3 Å². The van der Waals surface area contributed by atoms with E-state index in [1.165, 1.54) is 23.6 Å². The lowest BCUT2D eigenvalue weighted by Gasteiger charge is -2.07. The maximum Gasteiger partial charge on any atom is 0.416 e. The topological polar surface area (TPSA) is 39.2 Å². The molecule has 0 unspecified atom stereocenters. The molecular formula is C11H6F3NO2S. The Bertz CT molecular complexity index is 592. The zero-order chi connectivity index (χ0) is 13.2. The summed E-state index contributed by atoms with van der Waals surface area (Å²) in [7, 11) is 0. The second-order valence-electron chi connectivity index (χ2n) is 3.26. The van der Waals surface area contributed by atoms with Crippen molar-refractivity contribution in [3.05, 3.63) is 51.6 Å². The van der Waals surface area contributed by atoms with Crippen LogP contribution in [0.15, 0.2) is 40.5 Å². The van der Waals surface area contributed by atoms with E-state index >= 15 is 0 Å². The molecule has 2 rings (SSSR count). The molecule has 0 spiro atoms. The zero-order valence-electron chi connectivity index (χ0n) is 8.77. The minimum atomic E-state index is -4.38. The van der Waals surface area contributed by atoms with Crippen LogP contribution in [-0.4, -0.2) is 4.98 Å². The van der Waals surface area contributed by atoms with Gasteiger partial charge < -0.3 is 4.74 Å². The van der Waals surface area contributed by atoms with E-state index in [1.54, 1.807) is 0 Å². The van der Waals surface area contributed by atoms with Gasteiger partial charge in [0, 0.05) is 11.4 Å². The number of hydrogen-bond donors (Lipinski definition) is 0. The Morgan fingerprint density at radius 2 is 1.78 bits per heavy atom. The molecule has 0 radical (unpaired) electrons. The number of hydrogen-bond acceptors (Lipinski definition) is 4. The molecule has 0 N–H and O–H groups in total. The third kappa shape index (κ3) is 3.07. The first kappa shape index (κ1) is 12.6. The summed E-state index contributed by atoms with van der Waals surface area (Å²) in [5, 5.41) is 1.58. The van der Waals surface area contributed by atoms with E-state index in [0.717, 1.165) is 23.5 Å². The van der Waals surface area contributed by atoms with Gasteiger partial charge in [0.25, 0.3) is 10.8 Å². The summed E-state index contributed by atoms with van der Waals surface area (Å²) >= 11 is 1.08. The van der Waals surface area contributed by atoms with Gasteiger partial charge in [0.05, 0.1) is 5.56 Å². The first-order chi connectivity index (χ1) is 8.45. The molecule has 94 valence electrons. The summed E-state index contributed by atoms with van der Waals surface area (Å²) in [6.07, 6.45) is -4.38. The summed E-state index contributed by atoms with van der Waals surface area (Å²) in [4.78, 5) is 14.5. The Labute approximate surface area is 103 Å². The van der Waals surface area contributed by atoms with Crippen molar-refractivity contribution in [2.45, 2.75) is 6.18 Å². The van der Waals surface area contributed by atoms with Crippen LogP contribution in [0.1, 0.15) is 5.56 Å². The highest BCUT2D eigenvalue weighted by Gasteiger charge is 2.30. The molecule has 0 saturated heterocycles. The number of nitrogens with zero attached hydrogens (tertiary/aromatic N) is 1. The van der Waals surface area contributed by atoms with Crippen LogP contribution in [0.5, 0.6) is 10.9 Å². The Hall–Kier alpha value is -1.89. The van der Waals surface area contributed by atoms with Crippen LogP contribution in [-0.2, 0) is 6.18 Å². The van der Waals surface area contributed by atoms with Crippen molar-refractivity contribution in [2.24, 2.45) is 0 Å².